The predicted octanol–water partition coefficient (Wildman–Crippen LogP) is 2.54. The van der Waals surface area contributed by atoms with Crippen molar-refractivity contribution in [3.05, 3.63) is 65.2 Å². The molecule has 3 rings (SSSR count). The molecule has 1 fully saturated rings. The second-order valence-electron chi connectivity index (χ2n) is 7.16. The van der Waals surface area contributed by atoms with Crippen LogP contribution in [0.2, 0.25) is 0 Å². The average molecular weight is 381 g/mol. The Morgan fingerprint density at radius 2 is 1.68 bits per heavy atom. The highest BCUT2D eigenvalue weighted by Crippen LogP contribution is 2.12. The van der Waals surface area contributed by atoms with Gasteiger partial charge >= 0.3 is 5.97 Å². The highest BCUT2D eigenvalue weighted by molar-refractivity contribution is 5.93. The molecule has 1 N–H and O–H groups in total. The van der Waals surface area contributed by atoms with Gasteiger partial charge in [-0.2, -0.15) is 0 Å². The summed E-state index contributed by atoms with van der Waals surface area (Å²) >= 11 is 0. The van der Waals surface area contributed by atoms with Crippen LogP contribution in [0.15, 0.2) is 48.5 Å². The number of benzene rings is 2. The maximum atomic E-state index is 12.3. The molecule has 0 saturated carbocycles. The van der Waals surface area contributed by atoms with Crippen LogP contribution in [0.25, 0.3) is 0 Å². The average Bonchev–Trinajstić information content (AvgIpc) is 2.69. The van der Waals surface area contributed by atoms with E-state index in [1.54, 1.807) is 24.3 Å². The van der Waals surface area contributed by atoms with Crippen molar-refractivity contribution < 1.29 is 14.3 Å². The molecule has 148 valence electrons. The molecule has 1 amide bonds. The first-order valence-electron chi connectivity index (χ1n) is 9.52. The monoisotopic (exact) mass is 381 g/mol. The van der Waals surface area contributed by atoms with Gasteiger partial charge in [0.05, 0.1) is 19.2 Å². The smallest absolute Gasteiger partial charge is 0.337 e. The number of anilines is 1. The van der Waals surface area contributed by atoms with E-state index in [0.717, 1.165) is 32.7 Å². The fraction of sp³-hybridized carbons (Fsp3) is 0.364. The van der Waals surface area contributed by atoms with Gasteiger partial charge < -0.3 is 10.1 Å². The molecule has 0 spiro atoms. The van der Waals surface area contributed by atoms with Crippen molar-refractivity contribution in [3.8, 4) is 0 Å². The lowest BCUT2D eigenvalue weighted by molar-refractivity contribution is -0.117. The molecule has 6 nitrogen and oxygen atoms in total. The topological polar surface area (TPSA) is 61.9 Å². The molecular formula is C22H27N3O3. The third kappa shape index (κ3) is 5.65. The Morgan fingerprint density at radius 3 is 2.32 bits per heavy atom. The lowest BCUT2D eigenvalue weighted by atomic mass is 10.1. The summed E-state index contributed by atoms with van der Waals surface area (Å²) in [5.41, 5.74) is 3.76. The molecule has 0 aliphatic carbocycles. The molecule has 1 heterocycles. The van der Waals surface area contributed by atoms with Gasteiger partial charge in [-0.25, -0.2) is 4.79 Å². The second kappa shape index (κ2) is 9.48. The van der Waals surface area contributed by atoms with E-state index in [9.17, 15) is 9.59 Å². The number of nitrogens with zero attached hydrogens (tertiary/aromatic N) is 2. The minimum Gasteiger partial charge on any atom is -0.465 e. The molecule has 1 aliphatic rings. The molecule has 0 atom stereocenters. The number of hydrogen-bond donors (Lipinski definition) is 1. The Bertz CT molecular complexity index is 812. The summed E-state index contributed by atoms with van der Waals surface area (Å²) in [6, 6.07) is 15.3. The molecule has 0 radical (unpaired) electrons. The normalized spacial score (nSPS) is 15.2. The molecule has 28 heavy (non-hydrogen) atoms. The van der Waals surface area contributed by atoms with Gasteiger partial charge in [-0.15, -0.1) is 0 Å². The molecule has 1 saturated heterocycles. The number of nitrogens with one attached hydrogen (secondary N) is 1. The fourth-order valence-electron chi connectivity index (χ4n) is 3.39. The van der Waals surface area contributed by atoms with Crippen molar-refractivity contribution in [2.45, 2.75) is 13.5 Å². The summed E-state index contributed by atoms with van der Waals surface area (Å²) in [7, 11) is 1.35. The largest absolute Gasteiger partial charge is 0.465 e. The second-order valence-corrected chi connectivity index (χ2v) is 7.16. The molecule has 1 aliphatic heterocycles. The number of ether oxygens (including phenoxy) is 1. The Labute approximate surface area is 166 Å². The Morgan fingerprint density at radius 1 is 1.00 bits per heavy atom. The number of carbonyl (C=O) groups is 2. The van der Waals surface area contributed by atoms with Crippen molar-refractivity contribution >= 4 is 17.6 Å². The number of piperazine rings is 1. The van der Waals surface area contributed by atoms with Crippen molar-refractivity contribution in [1.82, 2.24) is 9.80 Å². The van der Waals surface area contributed by atoms with Crippen LogP contribution in [-0.2, 0) is 16.1 Å². The molecule has 2 aromatic carbocycles. The molecule has 0 unspecified atom stereocenters. The van der Waals surface area contributed by atoms with Crippen LogP contribution < -0.4 is 5.32 Å². The highest BCUT2D eigenvalue weighted by atomic mass is 16.5. The summed E-state index contributed by atoms with van der Waals surface area (Å²) in [5.74, 6) is -0.431. The van der Waals surface area contributed by atoms with E-state index >= 15 is 0 Å². The van der Waals surface area contributed by atoms with E-state index < -0.39 is 0 Å². The maximum absolute atomic E-state index is 12.3. The molecule has 2 aromatic rings. The Hall–Kier alpha value is -2.70. The maximum Gasteiger partial charge on any atom is 0.337 e. The van der Waals surface area contributed by atoms with Crippen LogP contribution in [0, 0.1) is 6.92 Å². The first-order valence-corrected chi connectivity index (χ1v) is 9.52. The SMILES string of the molecule is COC(=O)c1ccc(NC(=O)CN2CCN(Cc3cccc(C)c3)CC2)cc1. The number of aryl methyl sites for hydroxylation is 1. The van der Waals surface area contributed by atoms with Crippen molar-refractivity contribution in [1.29, 1.82) is 0 Å². The first-order chi connectivity index (χ1) is 13.5. The summed E-state index contributed by atoms with van der Waals surface area (Å²) in [6.07, 6.45) is 0. The summed E-state index contributed by atoms with van der Waals surface area (Å²) in [6.45, 7) is 7.10. The zero-order valence-electron chi connectivity index (χ0n) is 16.5. The van der Waals surface area contributed by atoms with E-state index in [4.69, 9.17) is 0 Å². The van der Waals surface area contributed by atoms with Crippen LogP contribution >= 0.6 is 0 Å². The van der Waals surface area contributed by atoms with Crippen molar-refractivity contribution in [2.24, 2.45) is 0 Å². The standard InChI is InChI=1S/C22H27N3O3/c1-17-4-3-5-18(14-17)15-24-10-12-25(13-11-24)16-21(26)23-20-8-6-19(7-9-20)22(27)28-2/h3-9,14H,10-13,15-16H2,1-2H3,(H,23,26). The van der Waals surface area contributed by atoms with Gasteiger partial charge in [0.25, 0.3) is 0 Å². The Kier molecular flexibility index (Phi) is 6.79. The van der Waals surface area contributed by atoms with Crippen LogP contribution in [0.5, 0.6) is 0 Å². The van der Waals surface area contributed by atoms with Gasteiger partial charge in [0, 0.05) is 38.4 Å². The summed E-state index contributed by atoms with van der Waals surface area (Å²) in [5, 5.41) is 2.88. The van der Waals surface area contributed by atoms with E-state index in [0.29, 0.717) is 17.8 Å². The van der Waals surface area contributed by atoms with Gasteiger partial charge in [0.2, 0.25) is 5.91 Å². The van der Waals surface area contributed by atoms with Gasteiger partial charge in [-0.05, 0) is 36.8 Å². The van der Waals surface area contributed by atoms with E-state index in [2.05, 4.69) is 51.0 Å². The molecular weight excluding hydrogens is 354 g/mol. The number of methoxy groups -OCH3 is 1. The van der Waals surface area contributed by atoms with Crippen LogP contribution in [0.4, 0.5) is 5.69 Å². The van der Waals surface area contributed by atoms with Gasteiger partial charge in [0.1, 0.15) is 0 Å². The minimum atomic E-state index is -0.388. The minimum absolute atomic E-state index is 0.0436. The van der Waals surface area contributed by atoms with Crippen LogP contribution in [0.1, 0.15) is 21.5 Å². The summed E-state index contributed by atoms with van der Waals surface area (Å²) < 4.78 is 4.67. The Balaban J connectivity index is 1.43. The third-order valence-corrected chi connectivity index (χ3v) is 4.91. The zero-order valence-corrected chi connectivity index (χ0v) is 16.5. The fourth-order valence-corrected chi connectivity index (χ4v) is 3.39. The lowest BCUT2D eigenvalue weighted by Crippen LogP contribution is -2.48. The van der Waals surface area contributed by atoms with Gasteiger partial charge in [-0.3, -0.25) is 14.6 Å². The number of hydrogen-bond acceptors (Lipinski definition) is 5. The lowest BCUT2D eigenvalue weighted by Gasteiger charge is -2.34. The van der Waals surface area contributed by atoms with Gasteiger partial charge in [0.15, 0.2) is 0 Å². The first kappa shape index (κ1) is 20.0. The van der Waals surface area contributed by atoms with Crippen molar-refractivity contribution in [2.75, 3.05) is 45.2 Å². The van der Waals surface area contributed by atoms with Crippen LogP contribution in [-0.4, -0.2) is 61.5 Å². The molecule has 6 heteroatoms. The number of amides is 1. The zero-order chi connectivity index (χ0) is 19.9. The number of carbonyl (C=O) groups excluding carboxylic acids is 2. The highest BCUT2D eigenvalue weighted by Gasteiger charge is 2.19. The van der Waals surface area contributed by atoms with Crippen LogP contribution in [0.3, 0.4) is 0 Å². The third-order valence-electron chi connectivity index (χ3n) is 4.91. The molecule has 0 bridgehead atoms. The quantitative estimate of drug-likeness (QED) is 0.779. The van der Waals surface area contributed by atoms with E-state index in [1.807, 2.05) is 0 Å². The number of rotatable bonds is 6. The number of esters is 1. The molecule has 0 aromatic heterocycles. The summed E-state index contributed by atoms with van der Waals surface area (Å²) in [4.78, 5) is 28.4. The van der Waals surface area contributed by atoms with E-state index in [-0.39, 0.29) is 11.9 Å². The van der Waals surface area contributed by atoms with Gasteiger partial charge in [-0.1, -0.05) is 29.8 Å². The van der Waals surface area contributed by atoms with E-state index in [1.165, 1.54) is 18.2 Å². The predicted molar refractivity (Wildman–Crippen MR) is 109 cm³/mol. The van der Waals surface area contributed by atoms with Crippen molar-refractivity contribution in [3.63, 3.8) is 0 Å².